The predicted molar refractivity (Wildman–Crippen MR) is 274 cm³/mol. The lowest BCUT2D eigenvalue weighted by atomic mass is 9.86. The van der Waals surface area contributed by atoms with E-state index in [4.69, 9.17) is 0 Å². The topological polar surface area (TPSA) is 6.48 Å². The van der Waals surface area contributed by atoms with E-state index in [0.717, 1.165) is 34.1 Å². The fourth-order valence-corrected chi connectivity index (χ4v) is 9.99. The summed E-state index contributed by atoms with van der Waals surface area (Å²) in [5.74, 6) is 0. The first kappa shape index (κ1) is 37.3. The van der Waals surface area contributed by atoms with Gasteiger partial charge < -0.3 is 9.80 Å². The van der Waals surface area contributed by atoms with Gasteiger partial charge in [-0.3, -0.25) is 0 Å². The molecule has 300 valence electrons. The van der Waals surface area contributed by atoms with Crippen LogP contribution in [-0.2, 0) is 0 Å². The van der Waals surface area contributed by atoms with E-state index in [2.05, 4.69) is 265 Å². The molecule has 0 amide bonds. The third kappa shape index (κ3) is 6.27. The zero-order valence-electron chi connectivity index (χ0n) is 35.1. The summed E-state index contributed by atoms with van der Waals surface area (Å²) in [5, 5.41) is 12.5. The van der Waals surface area contributed by atoms with E-state index in [1.165, 1.54) is 76.1 Å². The number of para-hydroxylation sites is 4. The van der Waals surface area contributed by atoms with Crippen LogP contribution in [0.5, 0.6) is 0 Å². The molecule has 0 aromatic heterocycles. The van der Waals surface area contributed by atoms with Gasteiger partial charge in [0.2, 0.25) is 0 Å². The van der Waals surface area contributed by atoms with Crippen molar-refractivity contribution in [1.82, 2.24) is 0 Å². The summed E-state index contributed by atoms with van der Waals surface area (Å²) in [5.41, 5.74) is 11.4. The molecule has 0 aliphatic rings. The lowest BCUT2D eigenvalue weighted by molar-refractivity contribution is 1.29. The van der Waals surface area contributed by atoms with Gasteiger partial charge in [-0.05, 0) is 126 Å². The van der Waals surface area contributed by atoms with Gasteiger partial charge in [-0.15, -0.1) is 0 Å². The van der Waals surface area contributed by atoms with Crippen molar-refractivity contribution in [3.8, 4) is 22.3 Å². The Kier molecular flexibility index (Phi) is 9.20. The van der Waals surface area contributed by atoms with Crippen LogP contribution >= 0.6 is 0 Å². The van der Waals surface area contributed by atoms with Crippen LogP contribution in [0.2, 0.25) is 0 Å². The van der Waals surface area contributed by atoms with Gasteiger partial charge >= 0.3 is 0 Å². The first-order chi connectivity index (χ1) is 31.8. The molecule has 12 aromatic carbocycles. The standard InChI is InChI=1S/C62H42N2/c1-5-21-43(22-6-1)49-29-17-19-35-59(49)63(45-25-9-3-10-26-45)47-37-39-55-57(41-47)51-31-13-15-33-53(51)62-56-40-38-48(42-58(56)52-32-14-16-34-54(52)61(55)62)64(46-27-11-4-12-28-46)60-36-20-18-30-50(60)44-23-7-2-8-24-44/h1-42H. The van der Waals surface area contributed by atoms with Crippen molar-refractivity contribution in [2.45, 2.75) is 0 Å². The minimum Gasteiger partial charge on any atom is -0.310 e. The Morgan fingerprint density at radius 2 is 0.516 bits per heavy atom. The lowest BCUT2D eigenvalue weighted by Crippen LogP contribution is -2.11. The Bertz CT molecular complexity index is 3410. The van der Waals surface area contributed by atoms with E-state index in [-0.39, 0.29) is 0 Å². The average Bonchev–Trinajstić information content (AvgIpc) is 3.38. The maximum absolute atomic E-state index is 2.41. The normalized spacial score (nSPS) is 11.4. The van der Waals surface area contributed by atoms with E-state index >= 15 is 0 Å². The first-order valence-corrected chi connectivity index (χ1v) is 22.0. The molecule has 0 unspecified atom stereocenters. The van der Waals surface area contributed by atoms with Crippen LogP contribution in [0.1, 0.15) is 0 Å². The van der Waals surface area contributed by atoms with E-state index in [1.54, 1.807) is 0 Å². The number of hydrogen-bond acceptors (Lipinski definition) is 2. The van der Waals surface area contributed by atoms with Crippen molar-refractivity contribution in [2.24, 2.45) is 0 Å². The van der Waals surface area contributed by atoms with Crippen molar-refractivity contribution in [3.63, 3.8) is 0 Å². The maximum Gasteiger partial charge on any atom is 0.0540 e. The molecular formula is C62H42N2. The minimum absolute atomic E-state index is 1.11. The highest BCUT2D eigenvalue weighted by Gasteiger charge is 2.22. The molecule has 0 N–H and O–H groups in total. The van der Waals surface area contributed by atoms with Gasteiger partial charge in [-0.25, -0.2) is 0 Å². The smallest absolute Gasteiger partial charge is 0.0540 e. The van der Waals surface area contributed by atoms with Crippen LogP contribution in [0, 0.1) is 0 Å². The van der Waals surface area contributed by atoms with Crippen molar-refractivity contribution in [3.05, 3.63) is 255 Å². The molecule has 12 rings (SSSR count). The summed E-state index contributed by atoms with van der Waals surface area (Å²) >= 11 is 0. The number of fused-ring (bicyclic) bond motifs is 11. The van der Waals surface area contributed by atoms with Gasteiger partial charge in [0, 0.05) is 33.9 Å². The quantitative estimate of drug-likeness (QED) is 0.141. The van der Waals surface area contributed by atoms with Crippen LogP contribution in [-0.4, -0.2) is 0 Å². The van der Waals surface area contributed by atoms with Crippen molar-refractivity contribution >= 4 is 88.0 Å². The second-order valence-corrected chi connectivity index (χ2v) is 16.4. The van der Waals surface area contributed by atoms with Crippen molar-refractivity contribution in [1.29, 1.82) is 0 Å². The molecule has 0 aliphatic carbocycles. The second-order valence-electron chi connectivity index (χ2n) is 16.4. The van der Waals surface area contributed by atoms with Crippen molar-refractivity contribution < 1.29 is 0 Å². The lowest BCUT2D eigenvalue weighted by Gasteiger charge is -2.29. The van der Waals surface area contributed by atoms with Crippen LogP contribution < -0.4 is 9.80 Å². The van der Waals surface area contributed by atoms with Gasteiger partial charge in [0.15, 0.2) is 0 Å². The van der Waals surface area contributed by atoms with Gasteiger partial charge in [0.1, 0.15) is 0 Å². The Labute approximate surface area is 373 Å². The van der Waals surface area contributed by atoms with Gasteiger partial charge in [0.05, 0.1) is 11.4 Å². The number of benzene rings is 12. The zero-order valence-corrected chi connectivity index (χ0v) is 35.1. The summed E-state index contributed by atoms with van der Waals surface area (Å²) in [6.07, 6.45) is 0. The molecule has 0 fully saturated rings. The van der Waals surface area contributed by atoms with E-state index in [0.29, 0.717) is 0 Å². The highest BCUT2D eigenvalue weighted by atomic mass is 15.1. The summed E-state index contributed by atoms with van der Waals surface area (Å²) in [7, 11) is 0. The van der Waals surface area contributed by atoms with Crippen LogP contribution in [0.15, 0.2) is 255 Å². The molecule has 64 heavy (non-hydrogen) atoms. The minimum atomic E-state index is 1.11. The third-order valence-corrected chi connectivity index (χ3v) is 12.8. The molecule has 2 nitrogen and oxygen atoms in total. The molecule has 0 aliphatic heterocycles. The molecule has 0 bridgehead atoms. The van der Waals surface area contributed by atoms with E-state index in [9.17, 15) is 0 Å². The van der Waals surface area contributed by atoms with Gasteiger partial charge in [-0.2, -0.15) is 0 Å². The molecule has 0 radical (unpaired) electrons. The van der Waals surface area contributed by atoms with E-state index < -0.39 is 0 Å². The Morgan fingerprint density at radius 1 is 0.203 bits per heavy atom. The van der Waals surface area contributed by atoms with Crippen LogP contribution in [0.3, 0.4) is 0 Å². The number of nitrogens with zero attached hydrogens (tertiary/aromatic N) is 2. The van der Waals surface area contributed by atoms with Crippen molar-refractivity contribution in [2.75, 3.05) is 9.80 Å². The Balaban J connectivity index is 1.12. The Hall–Kier alpha value is -8.46. The number of anilines is 6. The maximum atomic E-state index is 2.41. The fourth-order valence-electron chi connectivity index (χ4n) is 9.99. The van der Waals surface area contributed by atoms with Gasteiger partial charge in [-0.1, -0.05) is 194 Å². The molecule has 2 heteroatoms. The third-order valence-electron chi connectivity index (χ3n) is 12.8. The number of rotatable bonds is 8. The molecule has 0 atom stereocenters. The number of hydrogen-bond donors (Lipinski definition) is 0. The summed E-state index contributed by atoms with van der Waals surface area (Å²) < 4.78 is 0. The van der Waals surface area contributed by atoms with E-state index in [1.807, 2.05) is 0 Å². The Morgan fingerprint density at radius 3 is 0.922 bits per heavy atom. The SMILES string of the molecule is c1ccc(-c2ccccc2N(c2ccccc2)c2ccc3c(c2)c2ccccc2c2c4ccc(N(c5ccccc5)c5ccccc5-c5ccccc5)cc4c4ccccc4c32)cc1. The highest BCUT2D eigenvalue weighted by Crippen LogP contribution is 2.49. The summed E-state index contributed by atoms with van der Waals surface area (Å²) in [6.45, 7) is 0. The summed E-state index contributed by atoms with van der Waals surface area (Å²) in [4.78, 5) is 4.82. The van der Waals surface area contributed by atoms with Crippen LogP contribution in [0.4, 0.5) is 34.1 Å². The zero-order chi connectivity index (χ0) is 42.4. The van der Waals surface area contributed by atoms with Gasteiger partial charge in [0.25, 0.3) is 0 Å². The predicted octanol–water partition coefficient (Wildman–Crippen LogP) is 17.7. The molecule has 0 spiro atoms. The first-order valence-electron chi connectivity index (χ1n) is 22.0. The molecule has 12 aromatic rings. The fraction of sp³-hybridized carbons (Fsp3) is 0. The molecule has 0 saturated carbocycles. The molecule has 0 heterocycles. The van der Waals surface area contributed by atoms with Crippen LogP contribution in [0.25, 0.3) is 76.1 Å². The summed E-state index contributed by atoms with van der Waals surface area (Å²) in [6, 6.07) is 92.6. The second kappa shape index (κ2) is 15.8. The largest absolute Gasteiger partial charge is 0.310 e. The molecular weight excluding hydrogens is 773 g/mol. The molecule has 0 saturated heterocycles. The monoisotopic (exact) mass is 814 g/mol. The highest BCUT2D eigenvalue weighted by molar-refractivity contribution is 6.39. The average molecular weight is 815 g/mol.